The summed E-state index contributed by atoms with van der Waals surface area (Å²) in [4.78, 5) is 20.7. The average molecular weight is 396 g/mol. The van der Waals surface area contributed by atoms with Gasteiger partial charge in [-0.1, -0.05) is 78.6 Å². The van der Waals surface area contributed by atoms with E-state index in [-0.39, 0.29) is 25.4 Å². The topological polar surface area (TPSA) is 74.6 Å². The van der Waals surface area contributed by atoms with Crippen molar-refractivity contribution in [1.82, 2.24) is 0 Å². The van der Waals surface area contributed by atoms with Crippen LogP contribution < -0.4 is 0 Å². The first-order valence-electron chi connectivity index (χ1n) is 9.44. The number of hydrogen-bond donors (Lipinski definition) is 2. The Bertz CT molecular complexity index is 283. The van der Waals surface area contributed by atoms with E-state index < -0.39 is 11.9 Å². The summed E-state index contributed by atoms with van der Waals surface area (Å²) < 4.78 is 0. The molecule has 0 aromatic rings. The molecule has 0 spiro atoms. The zero-order valence-corrected chi connectivity index (χ0v) is 19.2. The van der Waals surface area contributed by atoms with E-state index in [9.17, 15) is 9.59 Å². The van der Waals surface area contributed by atoms with E-state index in [1.807, 2.05) is 6.92 Å². The fraction of sp³-hybridized carbons (Fsp3) is 0.895. The summed E-state index contributed by atoms with van der Waals surface area (Å²) in [5.41, 5.74) is 0. The van der Waals surface area contributed by atoms with E-state index >= 15 is 0 Å². The van der Waals surface area contributed by atoms with Crippen molar-refractivity contribution < 1.29 is 39.3 Å². The number of hydrogen-bond acceptors (Lipinski definition) is 2. The molecule has 0 fully saturated rings. The smallest absolute Gasteiger partial charge is 0.306 e. The summed E-state index contributed by atoms with van der Waals surface area (Å²) in [5.74, 6) is -1.41. The van der Waals surface area contributed by atoms with Gasteiger partial charge in [0, 0.05) is 25.9 Å². The summed E-state index contributed by atoms with van der Waals surface area (Å²) in [7, 11) is 0. The van der Waals surface area contributed by atoms with E-state index in [0.717, 1.165) is 32.1 Å². The molecule has 4 nitrogen and oxygen atoms in total. The van der Waals surface area contributed by atoms with Crippen molar-refractivity contribution in [3.8, 4) is 0 Å². The van der Waals surface area contributed by atoms with E-state index in [1.54, 1.807) is 0 Å². The first kappa shape index (κ1) is 28.4. The van der Waals surface area contributed by atoms with Gasteiger partial charge in [-0.05, 0) is 19.3 Å². The van der Waals surface area contributed by atoms with Crippen LogP contribution in [0.4, 0.5) is 0 Å². The Morgan fingerprint density at radius 3 is 1.62 bits per heavy atom. The standard InChI is InChI=1S/C10H20O2.C9H18O2.Zn/c1-3-5-6-7-8-9(4-2)10(11)12;1-2-3-4-5-6-7-8-9(10)11;/h9H,3-8H2,1-2H3,(H,11,12);2-8H2,1H3,(H,10,11);. The minimum Gasteiger partial charge on any atom is -0.481 e. The third kappa shape index (κ3) is 23.8. The minimum absolute atomic E-state index is 0. The van der Waals surface area contributed by atoms with Crippen molar-refractivity contribution >= 4 is 11.9 Å². The van der Waals surface area contributed by atoms with E-state index in [2.05, 4.69) is 13.8 Å². The largest absolute Gasteiger partial charge is 0.481 e. The van der Waals surface area contributed by atoms with Gasteiger partial charge in [0.1, 0.15) is 0 Å². The summed E-state index contributed by atoms with van der Waals surface area (Å²) in [6, 6.07) is 0. The molecule has 0 saturated carbocycles. The third-order valence-corrected chi connectivity index (χ3v) is 3.99. The molecule has 0 rings (SSSR count). The van der Waals surface area contributed by atoms with Crippen molar-refractivity contribution in [2.24, 2.45) is 5.92 Å². The summed E-state index contributed by atoms with van der Waals surface area (Å²) >= 11 is 0. The van der Waals surface area contributed by atoms with Crippen LogP contribution in [0.15, 0.2) is 0 Å². The van der Waals surface area contributed by atoms with Crippen LogP contribution >= 0.6 is 0 Å². The Labute approximate surface area is 161 Å². The molecule has 1 atom stereocenters. The summed E-state index contributed by atoms with van der Waals surface area (Å²) in [6.07, 6.45) is 13.6. The summed E-state index contributed by atoms with van der Waals surface area (Å²) in [5, 5.41) is 17.0. The van der Waals surface area contributed by atoms with Gasteiger partial charge in [0.15, 0.2) is 0 Å². The van der Waals surface area contributed by atoms with E-state index in [0.29, 0.717) is 6.42 Å². The molecule has 1 unspecified atom stereocenters. The van der Waals surface area contributed by atoms with Crippen LogP contribution in [0, 0.1) is 5.92 Å². The monoisotopic (exact) mass is 394 g/mol. The van der Waals surface area contributed by atoms with Crippen LogP contribution in [0.2, 0.25) is 0 Å². The molecule has 140 valence electrons. The number of carboxylic acids is 2. The van der Waals surface area contributed by atoms with Crippen molar-refractivity contribution in [3.05, 3.63) is 0 Å². The van der Waals surface area contributed by atoms with Crippen molar-refractivity contribution in [2.45, 2.75) is 104 Å². The van der Waals surface area contributed by atoms with Crippen molar-refractivity contribution in [3.63, 3.8) is 0 Å². The second kappa shape index (κ2) is 22.6. The van der Waals surface area contributed by atoms with Crippen molar-refractivity contribution in [2.75, 3.05) is 0 Å². The summed E-state index contributed by atoms with van der Waals surface area (Å²) in [6.45, 7) is 6.28. The van der Waals surface area contributed by atoms with Gasteiger partial charge >= 0.3 is 11.9 Å². The number of aliphatic carboxylic acids is 2. The van der Waals surface area contributed by atoms with E-state index in [1.165, 1.54) is 44.9 Å². The Balaban J connectivity index is -0.000000354. The first-order chi connectivity index (χ1) is 11.0. The molecular formula is C19H38O4Zn. The number of carbonyl (C=O) groups is 2. The van der Waals surface area contributed by atoms with Crippen LogP contribution in [0.3, 0.4) is 0 Å². The Morgan fingerprint density at radius 2 is 1.21 bits per heavy atom. The molecule has 0 radical (unpaired) electrons. The molecule has 24 heavy (non-hydrogen) atoms. The van der Waals surface area contributed by atoms with Crippen LogP contribution in [0.25, 0.3) is 0 Å². The Hall–Kier alpha value is -0.437. The fourth-order valence-corrected chi connectivity index (χ4v) is 2.38. The number of rotatable bonds is 14. The van der Waals surface area contributed by atoms with Gasteiger partial charge in [0.25, 0.3) is 0 Å². The number of unbranched alkanes of at least 4 members (excludes halogenated alkanes) is 8. The van der Waals surface area contributed by atoms with Crippen LogP contribution in [0.5, 0.6) is 0 Å². The van der Waals surface area contributed by atoms with Gasteiger partial charge in [-0.15, -0.1) is 0 Å². The molecular weight excluding hydrogens is 358 g/mol. The predicted octanol–water partition coefficient (Wildman–Crippen LogP) is 5.89. The van der Waals surface area contributed by atoms with Gasteiger partial charge in [-0.3, -0.25) is 9.59 Å². The second-order valence-corrected chi connectivity index (χ2v) is 6.20. The Kier molecular flexibility index (Phi) is 26.7. The van der Waals surface area contributed by atoms with Gasteiger partial charge in [-0.2, -0.15) is 0 Å². The zero-order chi connectivity index (χ0) is 17.9. The molecule has 2 N–H and O–H groups in total. The molecule has 0 heterocycles. The SMILES string of the molecule is CCCCCCC(CC)C(=O)O.CCCCCCCCC(=O)O.[Zn]. The maximum atomic E-state index is 10.6. The maximum absolute atomic E-state index is 10.6. The molecule has 0 aliphatic carbocycles. The quantitative estimate of drug-likeness (QED) is 0.284. The Morgan fingerprint density at radius 1 is 0.750 bits per heavy atom. The molecule has 0 aromatic carbocycles. The normalized spacial score (nSPS) is 11.0. The predicted molar refractivity (Wildman–Crippen MR) is 95.8 cm³/mol. The minimum atomic E-state index is -0.666. The van der Waals surface area contributed by atoms with Crippen LogP contribution in [-0.2, 0) is 29.1 Å². The molecule has 0 aliphatic heterocycles. The maximum Gasteiger partial charge on any atom is 0.306 e. The molecule has 0 bridgehead atoms. The molecule has 0 aliphatic rings. The molecule has 5 heteroatoms. The molecule has 0 amide bonds. The zero-order valence-electron chi connectivity index (χ0n) is 16.2. The van der Waals surface area contributed by atoms with Gasteiger partial charge in [0.2, 0.25) is 0 Å². The van der Waals surface area contributed by atoms with E-state index in [4.69, 9.17) is 10.2 Å². The molecule has 0 saturated heterocycles. The van der Waals surface area contributed by atoms with Crippen LogP contribution in [-0.4, -0.2) is 22.2 Å². The van der Waals surface area contributed by atoms with Crippen LogP contribution in [0.1, 0.15) is 104 Å². The first-order valence-corrected chi connectivity index (χ1v) is 9.44. The third-order valence-electron chi connectivity index (χ3n) is 3.99. The molecule has 0 aromatic heterocycles. The van der Waals surface area contributed by atoms with Gasteiger partial charge in [-0.25, -0.2) is 0 Å². The number of carboxylic acid groups (broad SMARTS) is 2. The average Bonchev–Trinajstić information content (AvgIpc) is 2.51. The van der Waals surface area contributed by atoms with Gasteiger partial charge in [0.05, 0.1) is 5.92 Å². The second-order valence-electron chi connectivity index (χ2n) is 6.20. The van der Waals surface area contributed by atoms with Gasteiger partial charge < -0.3 is 10.2 Å². The fourth-order valence-electron chi connectivity index (χ4n) is 2.38. The van der Waals surface area contributed by atoms with Crippen molar-refractivity contribution in [1.29, 1.82) is 0 Å².